The van der Waals surface area contributed by atoms with Crippen molar-refractivity contribution in [2.24, 2.45) is 0 Å². The monoisotopic (exact) mass is 352 g/mol. The molecule has 1 atom stereocenters. The molecule has 24 heavy (non-hydrogen) atoms. The third-order valence-electron chi connectivity index (χ3n) is 4.75. The zero-order chi connectivity index (χ0) is 16.8. The summed E-state index contributed by atoms with van der Waals surface area (Å²) in [5.74, 6) is 0. The Balaban J connectivity index is 2.33. The fraction of sp³-hybridized carbons (Fsp3) is 0.182. The molecular formula is C22H25PS. The first kappa shape index (κ1) is 17.3. The molecule has 0 nitrogen and oxygen atoms in total. The predicted octanol–water partition coefficient (Wildman–Crippen LogP) is 4.77. The number of hydrogen-bond donors (Lipinski definition) is 1. The molecule has 0 saturated heterocycles. The number of thiol groups is 1. The Morgan fingerprint density at radius 2 is 1.00 bits per heavy atom. The summed E-state index contributed by atoms with van der Waals surface area (Å²) in [4.78, 5) is 0.342. The predicted molar refractivity (Wildman–Crippen MR) is 114 cm³/mol. The molecule has 0 aliphatic rings. The number of benzene rings is 3. The van der Waals surface area contributed by atoms with Crippen LogP contribution in [-0.4, -0.2) is 4.99 Å². The van der Waals surface area contributed by atoms with Crippen molar-refractivity contribution in [2.75, 3.05) is 0 Å². The molecule has 0 amide bonds. The molecule has 3 rings (SSSR count). The van der Waals surface area contributed by atoms with Crippen LogP contribution in [0.5, 0.6) is 0 Å². The SMILES string of the molecule is CCCC(S)[PH](c1ccccc1)(c1ccccc1)c1ccccc1. The van der Waals surface area contributed by atoms with Crippen LogP contribution in [0.3, 0.4) is 0 Å². The van der Waals surface area contributed by atoms with E-state index in [1.165, 1.54) is 15.9 Å². The van der Waals surface area contributed by atoms with Gasteiger partial charge >= 0.3 is 152 Å². The van der Waals surface area contributed by atoms with Crippen molar-refractivity contribution in [1.82, 2.24) is 0 Å². The summed E-state index contributed by atoms with van der Waals surface area (Å²) in [6.07, 6.45) is 2.27. The molecule has 0 heterocycles. The van der Waals surface area contributed by atoms with Gasteiger partial charge in [-0.15, -0.1) is 0 Å². The normalized spacial score (nSPS) is 13.4. The van der Waals surface area contributed by atoms with Gasteiger partial charge in [0.25, 0.3) is 0 Å². The second kappa shape index (κ2) is 8.01. The van der Waals surface area contributed by atoms with Crippen LogP contribution in [0.15, 0.2) is 91.0 Å². The van der Waals surface area contributed by atoms with E-state index in [1.54, 1.807) is 0 Å². The average Bonchev–Trinajstić information content (AvgIpc) is 2.65. The van der Waals surface area contributed by atoms with Gasteiger partial charge in [-0.05, 0) is 0 Å². The Labute approximate surface area is 151 Å². The maximum absolute atomic E-state index is 5.19. The first-order valence-electron chi connectivity index (χ1n) is 8.64. The van der Waals surface area contributed by atoms with Crippen molar-refractivity contribution in [3.05, 3.63) is 91.0 Å². The molecule has 0 N–H and O–H groups in total. The van der Waals surface area contributed by atoms with Crippen molar-refractivity contribution in [1.29, 1.82) is 0 Å². The zero-order valence-corrected chi connectivity index (χ0v) is 16.0. The summed E-state index contributed by atoms with van der Waals surface area (Å²) in [7, 11) is -2.18. The van der Waals surface area contributed by atoms with Gasteiger partial charge in [-0.2, -0.15) is 0 Å². The number of hydrogen-bond acceptors (Lipinski definition) is 1. The van der Waals surface area contributed by atoms with Gasteiger partial charge in [0.1, 0.15) is 0 Å². The Bertz CT molecular complexity index is 644. The Hall–Kier alpha value is -1.56. The molecule has 0 aliphatic heterocycles. The van der Waals surface area contributed by atoms with Crippen LogP contribution in [-0.2, 0) is 0 Å². The Morgan fingerprint density at radius 1 is 0.667 bits per heavy atom. The van der Waals surface area contributed by atoms with Gasteiger partial charge < -0.3 is 0 Å². The number of rotatable bonds is 6. The summed E-state index contributed by atoms with van der Waals surface area (Å²) in [5, 5.41) is 4.32. The standard InChI is InChI=1S/C22H25PS/c1-2-12-22(24)23(19-13-6-3-7-14-19,20-15-8-4-9-16-20)21-17-10-5-11-18-21/h3-11,13-18,22-24H,2,12H2,1H3. The van der Waals surface area contributed by atoms with Gasteiger partial charge in [-0.25, -0.2) is 0 Å². The van der Waals surface area contributed by atoms with Gasteiger partial charge in [0.15, 0.2) is 0 Å². The van der Waals surface area contributed by atoms with E-state index < -0.39 is 7.26 Å². The van der Waals surface area contributed by atoms with Crippen LogP contribution in [0.25, 0.3) is 0 Å². The molecular weight excluding hydrogens is 327 g/mol. The molecule has 0 aliphatic carbocycles. The van der Waals surface area contributed by atoms with Crippen LogP contribution in [0, 0.1) is 0 Å². The average molecular weight is 352 g/mol. The van der Waals surface area contributed by atoms with Gasteiger partial charge in [0.2, 0.25) is 0 Å². The maximum atomic E-state index is 5.19. The molecule has 3 aromatic rings. The summed E-state index contributed by atoms with van der Waals surface area (Å²) >= 11 is 5.19. The van der Waals surface area contributed by atoms with E-state index in [0.717, 1.165) is 12.8 Å². The molecule has 0 saturated carbocycles. The first-order valence-corrected chi connectivity index (χ1v) is 11.2. The minimum absolute atomic E-state index is 0.342. The fourth-order valence-corrected chi connectivity index (χ4v) is 10.3. The topological polar surface area (TPSA) is 0 Å². The summed E-state index contributed by atoms with van der Waals surface area (Å²) in [6.45, 7) is 2.25. The Kier molecular flexibility index (Phi) is 5.76. The molecule has 0 aromatic heterocycles. The summed E-state index contributed by atoms with van der Waals surface area (Å²) in [5.41, 5.74) is 0. The van der Waals surface area contributed by atoms with Crippen molar-refractivity contribution >= 4 is 35.8 Å². The summed E-state index contributed by atoms with van der Waals surface area (Å²) in [6, 6.07) is 33.1. The minimum atomic E-state index is -2.18. The fourth-order valence-electron chi connectivity index (χ4n) is 3.67. The van der Waals surface area contributed by atoms with Crippen LogP contribution in [0.2, 0.25) is 0 Å². The van der Waals surface area contributed by atoms with Gasteiger partial charge in [-0.1, -0.05) is 0 Å². The molecule has 1 unspecified atom stereocenters. The summed E-state index contributed by atoms with van der Waals surface area (Å²) < 4.78 is 0. The van der Waals surface area contributed by atoms with E-state index in [-0.39, 0.29) is 0 Å². The van der Waals surface area contributed by atoms with E-state index in [9.17, 15) is 0 Å². The first-order chi connectivity index (χ1) is 11.8. The molecule has 3 aromatic carbocycles. The van der Waals surface area contributed by atoms with Gasteiger partial charge in [0.05, 0.1) is 0 Å². The van der Waals surface area contributed by atoms with Crippen molar-refractivity contribution < 1.29 is 0 Å². The molecule has 2 heteroatoms. The quantitative estimate of drug-likeness (QED) is 0.479. The van der Waals surface area contributed by atoms with Gasteiger partial charge in [0, 0.05) is 0 Å². The second-order valence-electron chi connectivity index (χ2n) is 6.21. The van der Waals surface area contributed by atoms with Crippen molar-refractivity contribution in [3.8, 4) is 0 Å². The van der Waals surface area contributed by atoms with E-state index in [2.05, 4.69) is 97.9 Å². The molecule has 0 radical (unpaired) electrons. The van der Waals surface area contributed by atoms with Crippen LogP contribution < -0.4 is 15.9 Å². The molecule has 0 fully saturated rings. The molecule has 0 spiro atoms. The van der Waals surface area contributed by atoms with Gasteiger partial charge in [-0.3, -0.25) is 0 Å². The van der Waals surface area contributed by atoms with Crippen LogP contribution >= 0.6 is 19.9 Å². The Morgan fingerprint density at radius 3 is 1.29 bits per heavy atom. The van der Waals surface area contributed by atoms with E-state index in [4.69, 9.17) is 12.6 Å². The molecule has 124 valence electrons. The van der Waals surface area contributed by atoms with E-state index >= 15 is 0 Å². The van der Waals surface area contributed by atoms with Crippen molar-refractivity contribution in [3.63, 3.8) is 0 Å². The van der Waals surface area contributed by atoms with Crippen LogP contribution in [0.4, 0.5) is 0 Å². The third-order valence-corrected chi connectivity index (χ3v) is 11.2. The van der Waals surface area contributed by atoms with E-state index in [1.807, 2.05) is 0 Å². The third kappa shape index (κ3) is 3.16. The van der Waals surface area contributed by atoms with E-state index in [0.29, 0.717) is 4.99 Å². The van der Waals surface area contributed by atoms with Crippen molar-refractivity contribution in [2.45, 2.75) is 24.8 Å². The zero-order valence-electron chi connectivity index (χ0n) is 14.1. The molecule has 0 bridgehead atoms. The van der Waals surface area contributed by atoms with Crippen LogP contribution in [0.1, 0.15) is 19.8 Å². The second-order valence-corrected chi connectivity index (χ2v) is 11.4.